The van der Waals surface area contributed by atoms with Crippen LogP contribution in [-0.2, 0) is 9.53 Å². The Labute approximate surface area is 164 Å². The summed E-state index contributed by atoms with van der Waals surface area (Å²) in [6, 6.07) is 3.25. The van der Waals surface area contributed by atoms with Crippen molar-refractivity contribution < 1.29 is 14.3 Å². The monoisotopic (exact) mass is 414 g/mol. The van der Waals surface area contributed by atoms with Gasteiger partial charge in [-0.05, 0) is 25.0 Å². The van der Waals surface area contributed by atoms with E-state index in [1.165, 1.54) is 23.9 Å². The van der Waals surface area contributed by atoms with Gasteiger partial charge in [0.15, 0.2) is 12.4 Å². The smallest absolute Gasteiger partial charge is 0.316 e. The third-order valence-electron chi connectivity index (χ3n) is 4.19. The molecule has 2 aromatic heterocycles. The molecular weight excluding hydrogens is 396 g/mol. The molecule has 0 aromatic carbocycles. The van der Waals surface area contributed by atoms with Crippen LogP contribution in [0.4, 0.5) is 0 Å². The number of halogens is 1. The highest BCUT2D eigenvalue weighted by atomic mass is 35.5. The first kappa shape index (κ1) is 19.2. The van der Waals surface area contributed by atoms with Crippen LogP contribution in [-0.4, -0.2) is 39.0 Å². The Bertz CT molecular complexity index is 786. The van der Waals surface area contributed by atoms with Crippen molar-refractivity contribution in [3.05, 3.63) is 27.2 Å². The first-order valence-corrected chi connectivity index (χ1v) is 10.5. The number of ether oxygens (including phenoxy) is 1. The maximum absolute atomic E-state index is 11.9. The Hall–Kier alpha value is -1.58. The highest BCUT2D eigenvalue weighted by Gasteiger charge is 2.23. The van der Waals surface area contributed by atoms with Crippen LogP contribution in [0.2, 0.25) is 4.34 Å². The van der Waals surface area contributed by atoms with Crippen molar-refractivity contribution in [2.45, 2.75) is 43.2 Å². The molecule has 2 heterocycles. The summed E-state index contributed by atoms with van der Waals surface area (Å²) in [5.41, 5.74) is 0. The van der Waals surface area contributed by atoms with E-state index in [1.54, 1.807) is 12.1 Å². The lowest BCUT2D eigenvalue weighted by atomic mass is 9.89. The molecule has 0 aliphatic heterocycles. The van der Waals surface area contributed by atoms with Crippen molar-refractivity contribution >= 4 is 46.5 Å². The molecule has 0 radical (unpaired) electrons. The molecule has 1 aliphatic carbocycles. The number of nitrogen functional groups attached to an aromatic ring is 1. The lowest BCUT2D eigenvalue weighted by Crippen LogP contribution is -2.19. The summed E-state index contributed by atoms with van der Waals surface area (Å²) in [5, 5.41) is 8.73. The summed E-state index contributed by atoms with van der Waals surface area (Å²) in [5.74, 6) is 6.40. The van der Waals surface area contributed by atoms with E-state index in [0.29, 0.717) is 20.3 Å². The van der Waals surface area contributed by atoms with Gasteiger partial charge in [-0.2, -0.15) is 0 Å². The number of hydrogen-bond donors (Lipinski definition) is 1. The number of thioether (sulfide) groups is 1. The molecule has 0 bridgehead atoms. The van der Waals surface area contributed by atoms with E-state index in [4.69, 9.17) is 22.2 Å². The molecule has 140 valence electrons. The largest absolute Gasteiger partial charge is 0.457 e. The molecule has 0 unspecified atom stereocenters. The fourth-order valence-electron chi connectivity index (χ4n) is 2.87. The Kier molecular flexibility index (Phi) is 6.55. The van der Waals surface area contributed by atoms with Gasteiger partial charge >= 0.3 is 5.97 Å². The molecule has 1 aliphatic rings. The maximum Gasteiger partial charge on any atom is 0.316 e. The van der Waals surface area contributed by atoms with Crippen LogP contribution in [0.15, 0.2) is 17.3 Å². The van der Waals surface area contributed by atoms with E-state index in [1.807, 2.05) is 0 Å². The van der Waals surface area contributed by atoms with Gasteiger partial charge in [-0.15, -0.1) is 21.5 Å². The third-order valence-corrected chi connectivity index (χ3v) is 6.38. The van der Waals surface area contributed by atoms with Crippen LogP contribution >= 0.6 is 34.7 Å². The van der Waals surface area contributed by atoms with Crippen molar-refractivity contribution in [3.8, 4) is 0 Å². The molecule has 7 nitrogen and oxygen atoms in total. The number of carbonyl (C=O) groups excluding carboxylic acids is 2. The molecule has 0 amide bonds. The zero-order valence-corrected chi connectivity index (χ0v) is 16.4. The summed E-state index contributed by atoms with van der Waals surface area (Å²) in [6.45, 7) is -0.307. The molecule has 10 heteroatoms. The van der Waals surface area contributed by atoms with Crippen LogP contribution < -0.4 is 5.84 Å². The Morgan fingerprint density at radius 3 is 2.77 bits per heavy atom. The molecule has 26 heavy (non-hydrogen) atoms. The number of ketones is 1. The van der Waals surface area contributed by atoms with E-state index in [0.717, 1.165) is 41.8 Å². The van der Waals surface area contributed by atoms with Gasteiger partial charge in [0.05, 0.1) is 15.0 Å². The minimum atomic E-state index is -0.506. The highest BCUT2D eigenvalue weighted by molar-refractivity contribution is 7.99. The molecule has 0 saturated heterocycles. The predicted molar refractivity (Wildman–Crippen MR) is 101 cm³/mol. The number of rotatable bonds is 7. The fourth-order valence-corrected chi connectivity index (χ4v) is 4.50. The van der Waals surface area contributed by atoms with E-state index < -0.39 is 5.97 Å². The minimum Gasteiger partial charge on any atom is -0.457 e. The van der Waals surface area contributed by atoms with Gasteiger partial charge in [-0.3, -0.25) is 9.59 Å². The van der Waals surface area contributed by atoms with E-state index in [-0.39, 0.29) is 18.1 Å². The first-order valence-electron chi connectivity index (χ1n) is 8.32. The maximum atomic E-state index is 11.9. The molecule has 0 spiro atoms. The van der Waals surface area contributed by atoms with Crippen molar-refractivity contribution in [1.82, 2.24) is 14.9 Å². The van der Waals surface area contributed by atoms with Gasteiger partial charge in [-0.25, -0.2) is 4.68 Å². The number of Topliss-reactive ketones (excluding diaryl/α,β-unsaturated/α-hetero) is 1. The SMILES string of the molecule is Nn1c(SCC(=O)OCC(=O)c2ccc(Cl)s2)nnc1C1CCCCC1. The van der Waals surface area contributed by atoms with Crippen molar-refractivity contribution in [1.29, 1.82) is 0 Å². The number of hydrogen-bond acceptors (Lipinski definition) is 8. The number of nitrogens with zero attached hydrogens (tertiary/aromatic N) is 3. The van der Waals surface area contributed by atoms with E-state index >= 15 is 0 Å². The zero-order valence-electron chi connectivity index (χ0n) is 14.0. The number of aromatic nitrogens is 3. The molecule has 3 rings (SSSR count). The van der Waals surface area contributed by atoms with Gasteiger partial charge in [0.25, 0.3) is 0 Å². The van der Waals surface area contributed by atoms with Crippen molar-refractivity contribution in [3.63, 3.8) is 0 Å². The van der Waals surface area contributed by atoms with Gasteiger partial charge in [0.2, 0.25) is 10.9 Å². The Morgan fingerprint density at radius 2 is 2.08 bits per heavy atom. The minimum absolute atomic E-state index is 0.0124. The van der Waals surface area contributed by atoms with Crippen LogP contribution in [0.25, 0.3) is 0 Å². The lowest BCUT2D eigenvalue weighted by Gasteiger charge is -2.20. The van der Waals surface area contributed by atoms with Crippen LogP contribution in [0.3, 0.4) is 0 Å². The van der Waals surface area contributed by atoms with Crippen LogP contribution in [0.1, 0.15) is 53.5 Å². The summed E-state index contributed by atoms with van der Waals surface area (Å²) >= 11 is 8.09. The van der Waals surface area contributed by atoms with Crippen LogP contribution in [0, 0.1) is 0 Å². The topological polar surface area (TPSA) is 100 Å². The van der Waals surface area contributed by atoms with Crippen molar-refractivity contribution in [2.24, 2.45) is 0 Å². The number of esters is 1. The number of thiophene rings is 1. The van der Waals surface area contributed by atoms with E-state index in [2.05, 4.69) is 10.2 Å². The second-order valence-corrected chi connectivity index (χ2v) is 8.68. The van der Waals surface area contributed by atoms with Gasteiger partial charge in [0, 0.05) is 5.92 Å². The fraction of sp³-hybridized carbons (Fsp3) is 0.500. The summed E-state index contributed by atoms with van der Waals surface area (Å²) in [4.78, 5) is 24.2. The molecule has 2 N–H and O–H groups in total. The van der Waals surface area contributed by atoms with Crippen LogP contribution in [0.5, 0.6) is 0 Å². The van der Waals surface area contributed by atoms with Gasteiger partial charge in [-0.1, -0.05) is 42.6 Å². The second-order valence-electron chi connectivity index (χ2n) is 6.02. The number of carbonyl (C=O) groups is 2. The standard InChI is InChI=1S/C16H19ClN4O3S2/c17-13-7-6-12(26-13)11(22)8-24-14(23)9-25-16-20-19-15(21(16)18)10-4-2-1-3-5-10/h6-7,10H,1-5,8-9,18H2. The average Bonchev–Trinajstić information content (AvgIpc) is 3.24. The highest BCUT2D eigenvalue weighted by Crippen LogP contribution is 2.32. The quantitative estimate of drug-likeness (QED) is 0.321. The summed E-state index contributed by atoms with van der Waals surface area (Å²) in [6.07, 6.45) is 5.73. The average molecular weight is 415 g/mol. The molecule has 1 saturated carbocycles. The Balaban J connectivity index is 1.47. The Morgan fingerprint density at radius 1 is 1.31 bits per heavy atom. The predicted octanol–water partition coefficient (Wildman–Crippen LogP) is 3.27. The zero-order chi connectivity index (χ0) is 18.5. The van der Waals surface area contributed by atoms with Gasteiger partial charge < -0.3 is 10.6 Å². The number of nitrogens with two attached hydrogens (primary N) is 1. The molecule has 1 fully saturated rings. The second kappa shape index (κ2) is 8.88. The molecular formula is C16H19ClN4O3S2. The summed E-state index contributed by atoms with van der Waals surface area (Å²) < 4.78 is 6.99. The third kappa shape index (κ3) is 4.77. The van der Waals surface area contributed by atoms with Crippen molar-refractivity contribution in [2.75, 3.05) is 18.2 Å². The molecule has 0 atom stereocenters. The summed E-state index contributed by atoms with van der Waals surface area (Å²) in [7, 11) is 0. The van der Waals surface area contributed by atoms with Gasteiger partial charge in [0.1, 0.15) is 0 Å². The lowest BCUT2D eigenvalue weighted by molar-refractivity contribution is -0.139. The first-order chi connectivity index (χ1) is 12.5. The van der Waals surface area contributed by atoms with E-state index in [9.17, 15) is 9.59 Å². The normalized spacial score (nSPS) is 15.1. The molecule has 2 aromatic rings.